The highest BCUT2D eigenvalue weighted by Crippen LogP contribution is 2.19. The van der Waals surface area contributed by atoms with E-state index in [1.54, 1.807) is 23.9 Å². The van der Waals surface area contributed by atoms with E-state index in [-0.39, 0.29) is 5.75 Å². The van der Waals surface area contributed by atoms with Gasteiger partial charge >= 0.3 is 6.61 Å². The minimum Gasteiger partial charge on any atom is -0.435 e. The Hall–Kier alpha value is -0.970. The van der Waals surface area contributed by atoms with Crippen molar-refractivity contribution in [2.45, 2.75) is 13.0 Å². The number of anilines is 1. The first kappa shape index (κ1) is 13.1. The number of hydrogen-bond donors (Lipinski definition) is 1. The van der Waals surface area contributed by atoms with Gasteiger partial charge in [-0.05, 0) is 30.6 Å². The summed E-state index contributed by atoms with van der Waals surface area (Å²) in [6.07, 6.45) is 3.10. The maximum Gasteiger partial charge on any atom is 0.387 e. The van der Waals surface area contributed by atoms with Crippen molar-refractivity contribution in [1.29, 1.82) is 0 Å². The van der Waals surface area contributed by atoms with E-state index in [1.807, 2.05) is 6.07 Å². The van der Waals surface area contributed by atoms with E-state index in [9.17, 15) is 8.78 Å². The molecule has 0 saturated carbocycles. The van der Waals surface area contributed by atoms with Gasteiger partial charge in [0, 0.05) is 18.3 Å². The third-order valence-corrected chi connectivity index (χ3v) is 2.61. The van der Waals surface area contributed by atoms with Gasteiger partial charge in [-0.2, -0.15) is 20.5 Å². The number of benzene rings is 1. The summed E-state index contributed by atoms with van der Waals surface area (Å²) in [5.41, 5.74) is 0.805. The molecule has 90 valence electrons. The molecule has 1 N–H and O–H groups in total. The van der Waals surface area contributed by atoms with Crippen molar-refractivity contribution >= 4 is 17.4 Å². The van der Waals surface area contributed by atoms with Crippen LogP contribution >= 0.6 is 11.8 Å². The fourth-order valence-corrected chi connectivity index (χ4v) is 1.66. The molecule has 0 radical (unpaired) electrons. The van der Waals surface area contributed by atoms with Gasteiger partial charge in [0.25, 0.3) is 0 Å². The van der Waals surface area contributed by atoms with Crippen molar-refractivity contribution in [2.24, 2.45) is 0 Å². The van der Waals surface area contributed by atoms with E-state index < -0.39 is 6.61 Å². The van der Waals surface area contributed by atoms with Gasteiger partial charge in [0.2, 0.25) is 0 Å². The molecule has 1 aromatic carbocycles. The van der Waals surface area contributed by atoms with Crippen LogP contribution in [-0.2, 0) is 0 Å². The molecule has 0 amide bonds. The fraction of sp³-hybridized carbons (Fsp3) is 0.455. The van der Waals surface area contributed by atoms with E-state index in [0.29, 0.717) is 0 Å². The van der Waals surface area contributed by atoms with Crippen LogP contribution in [0.2, 0.25) is 0 Å². The molecule has 0 aromatic heterocycles. The van der Waals surface area contributed by atoms with Crippen LogP contribution in [-0.4, -0.2) is 25.2 Å². The molecule has 1 rings (SSSR count). The molecule has 0 aliphatic rings. The van der Waals surface area contributed by atoms with Crippen molar-refractivity contribution < 1.29 is 13.5 Å². The van der Waals surface area contributed by atoms with Crippen molar-refractivity contribution in [2.75, 3.05) is 23.9 Å². The number of rotatable bonds is 7. The molecular weight excluding hydrogens is 232 g/mol. The Balaban J connectivity index is 2.41. The summed E-state index contributed by atoms with van der Waals surface area (Å²) >= 11 is 1.78. The van der Waals surface area contributed by atoms with Crippen LogP contribution in [0.1, 0.15) is 6.42 Å². The first-order chi connectivity index (χ1) is 7.72. The molecular formula is C11H15F2NOS. The Morgan fingerprint density at radius 1 is 1.44 bits per heavy atom. The van der Waals surface area contributed by atoms with Crippen LogP contribution in [0.5, 0.6) is 5.75 Å². The smallest absolute Gasteiger partial charge is 0.387 e. The zero-order valence-corrected chi connectivity index (χ0v) is 9.90. The topological polar surface area (TPSA) is 21.3 Å². The monoisotopic (exact) mass is 247 g/mol. The van der Waals surface area contributed by atoms with Gasteiger partial charge < -0.3 is 10.1 Å². The average Bonchev–Trinajstić information content (AvgIpc) is 2.24. The second-order valence-electron chi connectivity index (χ2n) is 3.18. The Morgan fingerprint density at radius 2 is 2.25 bits per heavy atom. The van der Waals surface area contributed by atoms with Crippen LogP contribution in [0.4, 0.5) is 14.5 Å². The molecule has 2 nitrogen and oxygen atoms in total. The Bertz CT molecular complexity index is 310. The Labute approximate surface area is 98.4 Å². The van der Waals surface area contributed by atoms with Crippen LogP contribution in [0.25, 0.3) is 0 Å². The fourth-order valence-electron chi connectivity index (χ4n) is 1.23. The van der Waals surface area contributed by atoms with Gasteiger partial charge in [0.15, 0.2) is 0 Å². The number of ether oxygens (including phenoxy) is 1. The second-order valence-corrected chi connectivity index (χ2v) is 4.17. The molecule has 0 fully saturated rings. The van der Waals surface area contributed by atoms with Gasteiger partial charge in [0.1, 0.15) is 5.75 Å². The summed E-state index contributed by atoms with van der Waals surface area (Å²) in [6, 6.07) is 6.61. The Morgan fingerprint density at radius 3 is 2.94 bits per heavy atom. The summed E-state index contributed by atoms with van der Waals surface area (Å²) in [5.74, 6) is 1.27. The van der Waals surface area contributed by atoms with Gasteiger partial charge in [-0.1, -0.05) is 6.07 Å². The van der Waals surface area contributed by atoms with Gasteiger partial charge in [0.05, 0.1) is 0 Å². The summed E-state index contributed by atoms with van der Waals surface area (Å²) in [6.45, 7) is -1.94. The molecule has 0 atom stereocenters. The molecule has 0 unspecified atom stereocenters. The zero-order valence-electron chi connectivity index (χ0n) is 9.08. The highest BCUT2D eigenvalue weighted by molar-refractivity contribution is 7.98. The quantitative estimate of drug-likeness (QED) is 0.746. The summed E-state index contributed by atoms with van der Waals surface area (Å²) < 4.78 is 28.2. The first-order valence-corrected chi connectivity index (χ1v) is 6.39. The lowest BCUT2D eigenvalue weighted by molar-refractivity contribution is -0.0498. The zero-order chi connectivity index (χ0) is 11.8. The molecule has 0 saturated heterocycles. The number of hydrogen-bond acceptors (Lipinski definition) is 3. The summed E-state index contributed by atoms with van der Waals surface area (Å²) in [5, 5.41) is 3.15. The third kappa shape index (κ3) is 5.21. The molecule has 16 heavy (non-hydrogen) atoms. The maximum atomic E-state index is 12.0. The lowest BCUT2D eigenvalue weighted by Gasteiger charge is -2.08. The lowest BCUT2D eigenvalue weighted by atomic mass is 10.3. The standard InChI is InChI=1S/C11H15F2NOS/c1-16-7-3-6-14-9-4-2-5-10(8-9)15-11(12)13/h2,4-5,8,11,14H,3,6-7H2,1H3. The maximum absolute atomic E-state index is 12.0. The van der Waals surface area contributed by atoms with Crippen molar-refractivity contribution in [3.63, 3.8) is 0 Å². The van der Waals surface area contributed by atoms with E-state index in [0.717, 1.165) is 24.4 Å². The summed E-state index contributed by atoms with van der Waals surface area (Å²) in [7, 11) is 0. The molecule has 0 aliphatic carbocycles. The number of halogens is 2. The highest BCUT2D eigenvalue weighted by atomic mass is 32.2. The van der Waals surface area contributed by atoms with Crippen molar-refractivity contribution in [3.05, 3.63) is 24.3 Å². The molecule has 0 aliphatic heterocycles. The van der Waals surface area contributed by atoms with Gasteiger partial charge in [-0.15, -0.1) is 0 Å². The van der Waals surface area contributed by atoms with Crippen LogP contribution in [0.15, 0.2) is 24.3 Å². The van der Waals surface area contributed by atoms with Crippen LogP contribution in [0, 0.1) is 0 Å². The molecule has 5 heteroatoms. The van der Waals surface area contributed by atoms with Crippen LogP contribution in [0.3, 0.4) is 0 Å². The third-order valence-electron chi connectivity index (χ3n) is 1.91. The largest absolute Gasteiger partial charge is 0.435 e. The number of nitrogens with one attached hydrogen (secondary N) is 1. The summed E-state index contributed by atoms with van der Waals surface area (Å²) in [4.78, 5) is 0. The van der Waals surface area contributed by atoms with E-state index in [2.05, 4.69) is 16.3 Å². The minimum absolute atomic E-state index is 0.185. The van der Waals surface area contributed by atoms with E-state index >= 15 is 0 Å². The second kappa shape index (κ2) is 7.33. The predicted molar refractivity (Wildman–Crippen MR) is 64.6 cm³/mol. The lowest BCUT2D eigenvalue weighted by Crippen LogP contribution is -2.04. The highest BCUT2D eigenvalue weighted by Gasteiger charge is 2.03. The predicted octanol–water partition coefficient (Wildman–Crippen LogP) is 3.45. The van der Waals surface area contributed by atoms with Crippen LogP contribution < -0.4 is 10.1 Å². The number of alkyl halides is 2. The van der Waals surface area contributed by atoms with E-state index in [1.165, 1.54) is 6.07 Å². The average molecular weight is 247 g/mol. The minimum atomic E-state index is -2.77. The molecule has 1 aromatic rings. The normalized spacial score (nSPS) is 10.5. The molecule has 0 heterocycles. The van der Waals surface area contributed by atoms with E-state index in [4.69, 9.17) is 0 Å². The molecule has 0 bridgehead atoms. The van der Waals surface area contributed by atoms with Crippen molar-refractivity contribution in [1.82, 2.24) is 0 Å². The SMILES string of the molecule is CSCCCNc1cccc(OC(F)F)c1. The number of thioether (sulfide) groups is 1. The Kier molecular flexibility index (Phi) is 6.00. The van der Waals surface area contributed by atoms with Gasteiger partial charge in [-0.3, -0.25) is 0 Å². The van der Waals surface area contributed by atoms with Gasteiger partial charge in [-0.25, -0.2) is 0 Å². The first-order valence-electron chi connectivity index (χ1n) is 5.00. The van der Waals surface area contributed by atoms with Crippen molar-refractivity contribution in [3.8, 4) is 5.75 Å². The molecule has 0 spiro atoms.